The summed E-state index contributed by atoms with van der Waals surface area (Å²) in [5.41, 5.74) is 6.52. The number of benzene rings is 2. The van der Waals surface area contributed by atoms with E-state index in [1.807, 2.05) is 69.3 Å². The molecule has 2 rings (SSSR count). The maximum atomic E-state index is 11.4. The third kappa shape index (κ3) is 9.65. The lowest BCUT2D eigenvalue weighted by molar-refractivity contribution is 0.0636. The van der Waals surface area contributed by atoms with E-state index >= 15 is 0 Å². The Hall–Kier alpha value is -1.03. The molecule has 0 bridgehead atoms. The van der Waals surface area contributed by atoms with Gasteiger partial charge in [0.05, 0.1) is 0 Å². The van der Waals surface area contributed by atoms with E-state index in [0.717, 1.165) is 14.9 Å². The molecular weight excluding hydrogens is 518 g/mol. The summed E-state index contributed by atoms with van der Waals surface area (Å²) in [6, 6.07) is 15.3. The minimum Gasteiger partial charge on any atom is -0.444 e. The fourth-order valence-electron chi connectivity index (χ4n) is 1.42. The minimum absolute atomic E-state index is 0.427. The molecule has 124 valence electrons. The maximum Gasteiger partial charge on any atom is 0.412 e. The van der Waals surface area contributed by atoms with Gasteiger partial charge in [-0.3, -0.25) is 5.32 Å². The van der Waals surface area contributed by atoms with Gasteiger partial charge in [0.25, 0.3) is 0 Å². The molecule has 0 aliphatic heterocycles. The SMILES string of the molecule is CC(C)(C)OC(=O)Nc1ccc(I)cc1.Nc1ccc(I)cc1. The first-order chi connectivity index (χ1) is 10.7. The average molecular weight is 538 g/mol. The second-order valence-corrected chi connectivity index (χ2v) is 8.18. The fourth-order valence-corrected chi connectivity index (χ4v) is 2.14. The lowest BCUT2D eigenvalue weighted by atomic mass is 10.2. The van der Waals surface area contributed by atoms with Crippen LogP contribution in [0.25, 0.3) is 0 Å². The topological polar surface area (TPSA) is 64.3 Å². The van der Waals surface area contributed by atoms with E-state index in [4.69, 9.17) is 10.5 Å². The predicted octanol–water partition coefficient (Wildman–Crippen LogP) is 5.51. The van der Waals surface area contributed by atoms with Crippen LogP contribution in [0.5, 0.6) is 0 Å². The number of rotatable bonds is 1. The Labute approximate surface area is 164 Å². The van der Waals surface area contributed by atoms with Crippen LogP contribution < -0.4 is 11.1 Å². The molecular formula is C17H20I2N2O2. The smallest absolute Gasteiger partial charge is 0.412 e. The van der Waals surface area contributed by atoms with Crippen molar-refractivity contribution in [2.45, 2.75) is 26.4 Å². The van der Waals surface area contributed by atoms with Crippen molar-refractivity contribution in [1.29, 1.82) is 0 Å². The molecule has 0 aromatic heterocycles. The number of hydrogen-bond acceptors (Lipinski definition) is 3. The van der Waals surface area contributed by atoms with Gasteiger partial charge in [0.15, 0.2) is 0 Å². The number of halogens is 2. The molecule has 0 saturated heterocycles. The van der Waals surface area contributed by atoms with E-state index in [-0.39, 0.29) is 0 Å². The van der Waals surface area contributed by atoms with E-state index in [0.29, 0.717) is 0 Å². The number of carbonyl (C=O) groups is 1. The van der Waals surface area contributed by atoms with Crippen LogP contribution >= 0.6 is 45.2 Å². The van der Waals surface area contributed by atoms with Crippen molar-refractivity contribution >= 4 is 62.6 Å². The fraction of sp³-hybridized carbons (Fsp3) is 0.235. The lowest BCUT2D eigenvalue weighted by Gasteiger charge is -2.19. The minimum atomic E-state index is -0.465. The molecule has 0 heterocycles. The lowest BCUT2D eigenvalue weighted by Crippen LogP contribution is -2.27. The zero-order chi connectivity index (χ0) is 17.5. The van der Waals surface area contributed by atoms with Crippen LogP contribution in [0.3, 0.4) is 0 Å². The highest BCUT2D eigenvalue weighted by Gasteiger charge is 2.15. The maximum absolute atomic E-state index is 11.4. The first-order valence-electron chi connectivity index (χ1n) is 6.92. The van der Waals surface area contributed by atoms with Gasteiger partial charge in [-0.05, 0) is 114 Å². The van der Waals surface area contributed by atoms with Crippen LogP contribution in [0.15, 0.2) is 48.5 Å². The molecule has 0 radical (unpaired) electrons. The van der Waals surface area contributed by atoms with Gasteiger partial charge < -0.3 is 10.5 Å². The van der Waals surface area contributed by atoms with Crippen LogP contribution in [0.4, 0.5) is 16.2 Å². The molecule has 0 atom stereocenters. The molecule has 0 saturated carbocycles. The number of amides is 1. The molecule has 2 aromatic rings. The number of nitrogen functional groups attached to an aromatic ring is 1. The Morgan fingerprint density at radius 3 is 1.78 bits per heavy atom. The third-order valence-corrected chi connectivity index (χ3v) is 3.80. The molecule has 6 heteroatoms. The number of carbonyl (C=O) groups excluding carboxylic acids is 1. The van der Waals surface area contributed by atoms with Crippen LogP contribution in [-0.4, -0.2) is 11.7 Å². The third-order valence-electron chi connectivity index (χ3n) is 2.36. The predicted molar refractivity (Wildman–Crippen MR) is 113 cm³/mol. The van der Waals surface area contributed by atoms with Crippen molar-refractivity contribution in [1.82, 2.24) is 0 Å². The van der Waals surface area contributed by atoms with E-state index in [9.17, 15) is 4.79 Å². The molecule has 23 heavy (non-hydrogen) atoms. The summed E-state index contributed by atoms with van der Waals surface area (Å²) in [4.78, 5) is 11.4. The standard InChI is InChI=1S/C11H14INO2.C6H6IN/c1-11(2,3)15-10(14)13-9-6-4-8(12)5-7-9;7-5-1-3-6(8)4-2-5/h4-7H,1-3H3,(H,13,14);1-4H,8H2. The first-order valence-corrected chi connectivity index (χ1v) is 9.08. The van der Waals surface area contributed by atoms with Crippen molar-refractivity contribution in [2.75, 3.05) is 11.1 Å². The van der Waals surface area contributed by atoms with Crippen LogP contribution in [0.2, 0.25) is 0 Å². The largest absolute Gasteiger partial charge is 0.444 e. The van der Waals surface area contributed by atoms with Gasteiger partial charge in [-0.1, -0.05) is 0 Å². The summed E-state index contributed by atoms with van der Waals surface area (Å²) in [6.07, 6.45) is -0.427. The molecule has 3 N–H and O–H groups in total. The number of ether oxygens (including phenoxy) is 1. The van der Waals surface area contributed by atoms with Gasteiger partial charge in [-0.2, -0.15) is 0 Å². The summed E-state index contributed by atoms with van der Waals surface area (Å²) < 4.78 is 7.47. The van der Waals surface area contributed by atoms with Gasteiger partial charge in [-0.15, -0.1) is 0 Å². The van der Waals surface area contributed by atoms with Crippen molar-refractivity contribution in [3.05, 3.63) is 55.7 Å². The van der Waals surface area contributed by atoms with Gasteiger partial charge in [0.1, 0.15) is 5.60 Å². The van der Waals surface area contributed by atoms with Crippen LogP contribution in [-0.2, 0) is 4.74 Å². The summed E-state index contributed by atoms with van der Waals surface area (Å²) in [6.45, 7) is 5.50. The summed E-state index contributed by atoms with van der Waals surface area (Å²) in [5, 5.41) is 2.66. The Bertz CT molecular complexity index is 600. The van der Waals surface area contributed by atoms with Crippen LogP contribution in [0.1, 0.15) is 20.8 Å². The molecule has 0 fully saturated rings. The van der Waals surface area contributed by atoms with Gasteiger partial charge >= 0.3 is 6.09 Å². The van der Waals surface area contributed by atoms with E-state index in [2.05, 4.69) is 50.5 Å². The quantitative estimate of drug-likeness (QED) is 0.372. The molecule has 0 aliphatic carbocycles. The zero-order valence-electron chi connectivity index (χ0n) is 13.3. The Morgan fingerprint density at radius 2 is 1.39 bits per heavy atom. The second kappa shape index (κ2) is 9.31. The molecule has 4 nitrogen and oxygen atoms in total. The molecule has 0 aliphatic rings. The molecule has 0 unspecified atom stereocenters. The summed E-state index contributed by atoms with van der Waals surface area (Å²) >= 11 is 4.45. The summed E-state index contributed by atoms with van der Waals surface area (Å²) in [7, 11) is 0. The van der Waals surface area contributed by atoms with Crippen molar-refractivity contribution in [3.8, 4) is 0 Å². The number of nitrogens with two attached hydrogens (primary N) is 1. The Morgan fingerprint density at radius 1 is 0.957 bits per heavy atom. The highest BCUT2D eigenvalue weighted by Crippen LogP contribution is 2.13. The molecule has 2 aromatic carbocycles. The number of nitrogens with one attached hydrogen (secondary N) is 1. The Kier molecular flexibility index (Phi) is 8.10. The highest BCUT2D eigenvalue weighted by atomic mass is 127. The van der Waals surface area contributed by atoms with E-state index in [1.54, 1.807) is 0 Å². The Balaban J connectivity index is 0.000000277. The normalized spacial score (nSPS) is 10.3. The highest BCUT2D eigenvalue weighted by molar-refractivity contribution is 14.1. The number of anilines is 2. The van der Waals surface area contributed by atoms with Crippen molar-refractivity contribution in [2.24, 2.45) is 0 Å². The molecule has 1 amide bonds. The van der Waals surface area contributed by atoms with Gasteiger partial charge in [0.2, 0.25) is 0 Å². The monoisotopic (exact) mass is 538 g/mol. The zero-order valence-corrected chi connectivity index (χ0v) is 17.6. The average Bonchev–Trinajstić information content (AvgIpc) is 2.43. The number of hydrogen-bond donors (Lipinski definition) is 2. The summed E-state index contributed by atoms with van der Waals surface area (Å²) in [5.74, 6) is 0. The second-order valence-electron chi connectivity index (χ2n) is 5.69. The van der Waals surface area contributed by atoms with Crippen molar-refractivity contribution in [3.63, 3.8) is 0 Å². The van der Waals surface area contributed by atoms with Gasteiger partial charge in [0, 0.05) is 18.5 Å². The molecule has 0 spiro atoms. The van der Waals surface area contributed by atoms with E-state index in [1.165, 1.54) is 3.57 Å². The van der Waals surface area contributed by atoms with Gasteiger partial charge in [-0.25, -0.2) is 4.79 Å². The van der Waals surface area contributed by atoms with Crippen LogP contribution in [0, 0.1) is 7.14 Å². The first kappa shape index (κ1) is 20.0. The van der Waals surface area contributed by atoms with E-state index < -0.39 is 11.7 Å². The van der Waals surface area contributed by atoms with Crippen molar-refractivity contribution < 1.29 is 9.53 Å².